The number of nitrogens with zero attached hydrogens (tertiary/aromatic N) is 2. The van der Waals surface area contributed by atoms with E-state index in [4.69, 9.17) is 0 Å². The first-order chi connectivity index (χ1) is 11.5. The molecule has 0 saturated heterocycles. The lowest BCUT2D eigenvalue weighted by atomic mass is 10.1. The molecule has 0 bridgehead atoms. The Morgan fingerprint density at radius 3 is 2.67 bits per heavy atom. The zero-order chi connectivity index (χ0) is 17.5. The maximum atomic E-state index is 12.4. The van der Waals surface area contributed by atoms with Crippen LogP contribution >= 0.6 is 0 Å². The highest BCUT2D eigenvalue weighted by Gasteiger charge is 2.15. The van der Waals surface area contributed by atoms with Crippen molar-refractivity contribution in [2.75, 3.05) is 18.9 Å². The number of anilines is 1. The molecular weight excluding hydrogens is 302 g/mol. The zero-order valence-electron chi connectivity index (χ0n) is 14.4. The van der Waals surface area contributed by atoms with E-state index >= 15 is 0 Å². The Hall–Kier alpha value is -2.69. The molecule has 126 valence electrons. The fourth-order valence-corrected chi connectivity index (χ4v) is 2.30. The number of para-hydroxylation sites is 1. The number of rotatable bonds is 6. The SMILES string of the molecule is CCCCN(C)C(=O)c1ccnc(C(=O)Nc2ccccc2C)c1. The molecule has 1 aromatic carbocycles. The second-order valence-corrected chi connectivity index (χ2v) is 5.78. The number of amides is 2. The van der Waals surface area contributed by atoms with Crippen LogP contribution in [-0.2, 0) is 0 Å². The van der Waals surface area contributed by atoms with Crippen LogP contribution in [0.3, 0.4) is 0 Å². The number of hydrogen-bond acceptors (Lipinski definition) is 3. The van der Waals surface area contributed by atoms with Crippen molar-refractivity contribution in [2.45, 2.75) is 26.7 Å². The van der Waals surface area contributed by atoms with Crippen LogP contribution in [-0.4, -0.2) is 35.3 Å². The van der Waals surface area contributed by atoms with Gasteiger partial charge in [-0.05, 0) is 37.1 Å². The molecule has 1 aromatic heterocycles. The van der Waals surface area contributed by atoms with Crippen molar-refractivity contribution < 1.29 is 9.59 Å². The van der Waals surface area contributed by atoms with Gasteiger partial charge in [-0.15, -0.1) is 0 Å². The van der Waals surface area contributed by atoms with Crippen molar-refractivity contribution in [1.82, 2.24) is 9.88 Å². The van der Waals surface area contributed by atoms with Crippen LogP contribution in [0.2, 0.25) is 0 Å². The zero-order valence-corrected chi connectivity index (χ0v) is 14.4. The summed E-state index contributed by atoms with van der Waals surface area (Å²) in [6.45, 7) is 4.70. The summed E-state index contributed by atoms with van der Waals surface area (Å²) in [5, 5.41) is 2.83. The third-order valence-corrected chi connectivity index (χ3v) is 3.83. The summed E-state index contributed by atoms with van der Waals surface area (Å²) < 4.78 is 0. The molecule has 5 nitrogen and oxygen atoms in total. The van der Waals surface area contributed by atoms with Gasteiger partial charge in [-0.3, -0.25) is 14.6 Å². The van der Waals surface area contributed by atoms with Crippen molar-refractivity contribution >= 4 is 17.5 Å². The maximum Gasteiger partial charge on any atom is 0.274 e. The van der Waals surface area contributed by atoms with Gasteiger partial charge in [0.1, 0.15) is 5.69 Å². The van der Waals surface area contributed by atoms with Gasteiger partial charge in [0.15, 0.2) is 0 Å². The first-order valence-electron chi connectivity index (χ1n) is 8.11. The number of hydrogen-bond donors (Lipinski definition) is 1. The summed E-state index contributed by atoms with van der Waals surface area (Å²) in [5.41, 5.74) is 2.41. The molecular formula is C19H23N3O2. The van der Waals surface area contributed by atoms with Crippen molar-refractivity contribution in [1.29, 1.82) is 0 Å². The predicted octanol–water partition coefficient (Wildman–Crippen LogP) is 3.51. The Kier molecular flexibility index (Phi) is 6.07. The third-order valence-electron chi connectivity index (χ3n) is 3.83. The summed E-state index contributed by atoms with van der Waals surface area (Å²) in [7, 11) is 1.77. The molecule has 2 rings (SSSR count). The molecule has 0 atom stereocenters. The van der Waals surface area contributed by atoms with Crippen molar-refractivity contribution in [2.24, 2.45) is 0 Å². The van der Waals surface area contributed by atoms with E-state index in [1.54, 1.807) is 24.1 Å². The van der Waals surface area contributed by atoms with Crippen molar-refractivity contribution in [3.63, 3.8) is 0 Å². The van der Waals surface area contributed by atoms with Gasteiger partial charge in [-0.2, -0.15) is 0 Å². The number of aromatic nitrogens is 1. The summed E-state index contributed by atoms with van der Waals surface area (Å²) >= 11 is 0. The highest BCUT2D eigenvalue weighted by atomic mass is 16.2. The molecule has 1 heterocycles. The van der Waals surface area contributed by atoms with E-state index in [9.17, 15) is 9.59 Å². The molecule has 2 aromatic rings. The quantitative estimate of drug-likeness (QED) is 0.884. The fourth-order valence-electron chi connectivity index (χ4n) is 2.30. The Morgan fingerprint density at radius 1 is 1.21 bits per heavy atom. The topological polar surface area (TPSA) is 62.3 Å². The van der Waals surface area contributed by atoms with Crippen LogP contribution < -0.4 is 5.32 Å². The van der Waals surface area contributed by atoms with Gasteiger partial charge in [0, 0.05) is 31.0 Å². The minimum absolute atomic E-state index is 0.101. The van der Waals surface area contributed by atoms with Crippen LogP contribution in [0.4, 0.5) is 5.69 Å². The summed E-state index contributed by atoms with van der Waals surface area (Å²) in [6.07, 6.45) is 3.47. The Balaban J connectivity index is 2.13. The highest BCUT2D eigenvalue weighted by Crippen LogP contribution is 2.15. The molecule has 0 aliphatic rings. The Morgan fingerprint density at radius 2 is 1.96 bits per heavy atom. The van der Waals surface area contributed by atoms with Crippen LogP contribution in [0.15, 0.2) is 42.6 Å². The predicted molar refractivity (Wildman–Crippen MR) is 95.2 cm³/mol. The van der Waals surface area contributed by atoms with Crippen molar-refractivity contribution in [3.05, 3.63) is 59.4 Å². The standard InChI is InChI=1S/C19H23N3O2/c1-4-5-12-22(3)19(24)15-10-11-20-17(13-15)18(23)21-16-9-7-6-8-14(16)2/h6-11,13H,4-5,12H2,1-3H3,(H,21,23). The van der Waals surface area contributed by atoms with Crippen LogP contribution in [0.25, 0.3) is 0 Å². The maximum absolute atomic E-state index is 12.4. The van der Waals surface area contributed by atoms with E-state index in [1.807, 2.05) is 31.2 Å². The van der Waals surface area contributed by atoms with Gasteiger partial charge in [-0.25, -0.2) is 0 Å². The van der Waals surface area contributed by atoms with Crippen LogP contribution in [0.5, 0.6) is 0 Å². The first kappa shape index (κ1) is 17.7. The molecule has 0 aliphatic carbocycles. The normalized spacial score (nSPS) is 10.3. The number of unbranched alkanes of at least 4 members (excludes halogenated alkanes) is 1. The van der Waals surface area contributed by atoms with Crippen LogP contribution in [0, 0.1) is 6.92 Å². The lowest BCUT2D eigenvalue weighted by Gasteiger charge is -2.17. The van der Waals surface area contributed by atoms with Crippen LogP contribution in [0.1, 0.15) is 46.2 Å². The van der Waals surface area contributed by atoms with Gasteiger partial charge in [0.2, 0.25) is 0 Å². The van der Waals surface area contributed by atoms with E-state index in [1.165, 1.54) is 6.20 Å². The number of pyridine rings is 1. The lowest BCUT2D eigenvalue weighted by Crippen LogP contribution is -2.28. The molecule has 0 fully saturated rings. The van der Waals surface area contributed by atoms with Gasteiger partial charge in [0.05, 0.1) is 0 Å². The van der Waals surface area contributed by atoms with Gasteiger partial charge >= 0.3 is 0 Å². The number of aryl methyl sites for hydroxylation is 1. The third kappa shape index (κ3) is 4.41. The number of carbonyl (C=O) groups excluding carboxylic acids is 2. The molecule has 0 radical (unpaired) electrons. The van der Waals surface area contributed by atoms with E-state index in [0.717, 1.165) is 24.1 Å². The Bertz CT molecular complexity index is 728. The van der Waals surface area contributed by atoms with E-state index < -0.39 is 0 Å². The lowest BCUT2D eigenvalue weighted by molar-refractivity contribution is 0.0793. The average molecular weight is 325 g/mol. The first-order valence-corrected chi connectivity index (χ1v) is 8.11. The highest BCUT2D eigenvalue weighted by molar-refractivity contribution is 6.05. The molecule has 0 aliphatic heterocycles. The number of benzene rings is 1. The van der Waals surface area contributed by atoms with E-state index in [2.05, 4.69) is 17.2 Å². The van der Waals surface area contributed by atoms with Gasteiger partial charge in [-0.1, -0.05) is 31.5 Å². The molecule has 24 heavy (non-hydrogen) atoms. The monoisotopic (exact) mass is 325 g/mol. The number of nitrogens with one attached hydrogen (secondary N) is 1. The second-order valence-electron chi connectivity index (χ2n) is 5.78. The van der Waals surface area contributed by atoms with Gasteiger partial charge in [0.25, 0.3) is 11.8 Å². The van der Waals surface area contributed by atoms with Gasteiger partial charge < -0.3 is 10.2 Å². The van der Waals surface area contributed by atoms with Crippen molar-refractivity contribution in [3.8, 4) is 0 Å². The smallest absolute Gasteiger partial charge is 0.274 e. The average Bonchev–Trinajstić information content (AvgIpc) is 2.61. The molecule has 1 N–H and O–H groups in total. The summed E-state index contributed by atoms with van der Waals surface area (Å²) in [4.78, 5) is 30.5. The summed E-state index contributed by atoms with van der Waals surface area (Å²) in [6, 6.07) is 10.7. The number of carbonyl (C=O) groups is 2. The van der Waals surface area contributed by atoms with E-state index in [0.29, 0.717) is 12.1 Å². The van der Waals surface area contributed by atoms with E-state index in [-0.39, 0.29) is 17.5 Å². The molecule has 0 unspecified atom stereocenters. The molecule has 0 saturated carbocycles. The fraction of sp³-hybridized carbons (Fsp3) is 0.316. The second kappa shape index (κ2) is 8.24. The largest absolute Gasteiger partial charge is 0.342 e. The molecule has 0 spiro atoms. The summed E-state index contributed by atoms with van der Waals surface area (Å²) in [5.74, 6) is -0.425. The molecule has 2 amide bonds. The minimum Gasteiger partial charge on any atom is -0.342 e. The molecule has 5 heteroatoms. The Labute approximate surface area is 142 Å². The minimum atomic E-state index is -0.324.